The van der Waals surface area contributed by atoms with Gasteiger partial charge in [0.25, 0.3) is 5.91 Å². The smallest absolute Gasteiger partial charge is 0.264 e. The number of benzene rings is 1. The summed E-state index contributed by atoms with van der Waals surface area (Å²) in [4.78, 5) is 26.9. The van der Waals surface area contributed by atoms with Crippen LogP contribution in [-0.4, -0.2) is 23.3 Å². The fraction of sp³-hybridized carbons (Fsp3) is 0.154. The van der Waals surface area contributed by atoms with Gasteiger partial charge in [0, 0.05) is 11.6 Å². The highest BCUT2D eigenvalue weighted by Gasteiger charge is 2.10. The molecular weight excluding hydrogens is 264 g/mol. The van der Waals surface area contributed by atoms with Crippen LogP contribution in [0.5, 0.6) is 5.75 Å². The summed E-state index contributed by atoms with van der Waals surface area (Å²) < 4.78 is 5.35. The Hall–Kier alpha value is -2.21. The van der Waals surface area contributed by atoms with E-state index in [1.165, 1.54) is 18.3 Å². The number of aromatic nitrogens is 1. The number of thiazole rings is 1. The molecule has 0 radical (unpaired) electrons. The zero-order valence-corrected chi connectivity index (χ0v) is 11.1. The molecule has 0 saturated carbocycles. The van der Waals surface area contributed by atoms with E-state index in [1.54, 1.807) is 35.8 Å². The molecule has 98 valence electrons. The minimum Gasteiger partial charge on any atom is -0.483 e. The molecule has 0 aliphatic carbocycles. The maximum atomic E-state index is 11.6. The molecule has 0 aliphatic rings. The fourth-order valence-corrected chi connectivity index (χ4v) is 2.01. The van der Waals surface area contributed by atoms with E-state index in [2.05, 4.69) is 10.3 Å². The molecule has 0 spiro atoms. The zero-order valence-electron chi connectivity index (χ0n) is 10.3. The zero-order chi connectivity index (χ0) is 13.7. The lowest BCUT2D eigenvalue weighted by molar-refractivity contribution is -0.118. The highest BCUT2D eigenvalue weighted by molar-refractivity contribution is 7.13. The van der Waals surface area contributed by atoms with Gasteiger partial charge in [0.05, 0.1) is 5.56 Å². The number of ether oxygens (including phenoxy) is 1. The summed E-state index contributed by atoms with van der Waals surface area (Å²) in [5.41, 5.74) is 0.463. The highest BCUT2D eigenvalue weighted by Crippen LogP contribution is 2.18. The Morgan fingerprint density at radius 2 is 2.16 bits per heavy atom. The van der Waals surface area contributed by atoms with E-state index in [4.69, 9.17) is 4.74 Å². The molecule has 0 atom stereocenters. The molecule has 1 aromatic carbocycles. The summed E-state index contributed by atoms with van der Waals surface area (Å²) in [5.74, 6) is -0.00599. The second-order valence-electron chi connectivity index (χ2n) is 3.73. The van der Waals surface area contributed by atoms with Crippen molar-refractivity contribution in [1.29, 1.82) is 0 Å². The first-order chi connectivity index (χ1) is 9.16. The number of Topliss-reactive ketones (excluding diaryl/α,β-unsaturated/α-hetero) is 1. The van der Waals surface area contributed by atoms with Crippen molar-refractivity contribution in [2.75, 3.05) is 11.9 Å². The summed E-state index contributed by atoms with van der Waals surface area (Å²) >= 11 is 1.33. The van der Waals surface area contributed by atoms with Crippen LogP contribution in [0, 0.1) is 0 Å². The van der Waals surface area contributed by atoms with Crippen LogP contribution in [0.15, 0.2) is 35.8 Å². The molecule has 0 fully saturated rings. The molecule has 1 heterocycles. The number of hydrogen-bond donors (Lipinski definition) is 1. The average Bonchev–Trinajstić information content (AvgIpc) is 2.89. The van der Waals surface area contributed by atoms with Crippen LogP contribution in [-0.2, 0) is 4.79 Å². The second kappa shape index (κ2) is 6.10. The lowest BCUT2D eigenvalue weighted by Gasteiger charge is -2.08. The van der Waals surface area contributed by atoms with Gasteiger partial charge in [-0.1, -0.05) is 12.1 Å². The van der Waals surface area contributed by atoms with E-state index in [1.807, 2.05) is 0 Å². The first-order valence-corrected chi connectivity index (χ1v) is 6.47. The summed E-state index contributed by atoms with van der Waals surface area (Å²) in [6.45, 7) is 1.29. The van der Waals surface area contributed by atoms with E-state index in [-0.39, 0.29) is 18.3 Å². The van der Waals surface area contributed by atoms with Gasteiger partial charge < -0.3 is 4.74 Å². The van der Waals surface area contributed by atoms with Crippen molar-refractivity contribution in [2.45, 2.75) is 6.92 Å². The van der Waals surface area contributed by atoms with Gasteiger partial charge in [0.1, 0.15) is 5.75 Å². The first kappa shape index (κ1) is 13.2. The number of carbonyl (C=O) groups is 2. The van der Waals surface area contributed by atoms with Gasteiger partial charge in [0.15, 0.2) is 17.5 Å². The molecule has 1 aromatic heterocycles. The number of amides is 1. The number of ketones is 1. The first-order valence-electron chi connectivity index (χ1n) is 5.59. The van der Waals surface area contributed by atoms with Crippen molar-refractivity contribution in [3.05, 3.63) is 41.4 Å². The quantitative estimate of drug-likeness (QED) is 0.851. The lowest BCUT2D eigenvalue weighted by atomic mass is 10.1. The fourth-order valence-electron chi connectivity index (χ4n) is 1.47. The molecule has 2 rings (SSSR count). The van der Waals surface area contributed by atoms with Crippen LogP contribution in [0.1, 0.15) is 17.3 Å². The lowest BCUT2D eigenvalue weighted by Crippen LogP contribution is -2.20. The second-order valence-corrected chi connectivity index (χ2v) is 4.62. The third kappa shape index (κ3) is 3.62. The molecular formula is C13H12N2O3S. The third-order valence-electron chi connectivity index (χ3n) is 2.30. The Kier molecular flexibility index (Phi) is 4.25. The predicted octanol–water partition coefficient (Wildman–Crippen LogP) is 2.36. The Labute approximate surface area is 114 Å². The SMILES string of the molecule is CC(=O)c1ccccc1OCC(=O)Nc1nccs1. The van der Waals surface area contributed by atoms with Crippen LogP contribution in [0.4, 0.5) is 5.13 Å². The normalized spacial score (nSPS) is 9.95. The van der Waals surface area contributed by atoms with Crippen LogP contribution < -0.4 is 10.1 Å². The Balaban J connectivity index is 1.95. The molecule has 0 aliphatic heterocycles. The van der Waals surface area contributed by atoms with Crippen molar-refractivity contribution in [1.82, 2.24) is 4.98 Å². The van der Waals surface area contributed by atoms with Gasteiger partial charge in [-0.15, -0.1) is 11.3 Å². The Morgan fingerprint density at radius 3 is 2.84 bits per heavy atom. The summed E-state index contributed by atoms with van der Waals surface area (Å²) in [5, 5.41) is 4.89. The van der Waals surface area contributed by atoms with Gasteiger partial charge in [-0.05, 0) is 19.1 Å². The molecule has 1 N–H and O–H groups in total. The van der Waals surface area contributed by atoms with Gasteiger partial charge in [-0.25, -0.2) is 4.98 Å². The largest absolute Gasteiger partial charge is 0.483 e. The summed E-state index contributed by atoms with van der Waals surface area (Å²) in [6, 6.07) is 6.82. The number of nitrogens with zero attached hydrogens (tertiary/aromatic N) is 1. The maximum Gasteiger partial charge on any atom is 0.264 e. The van der Waals surface area contributed by atoms with Crippen molar-refractivity contribution < 1.29 is 14.3 Å². The average molecular weight is 276 g/mol. The number of rotatable bonds is 5. The Bertz CT molecular complexity index is 581. The van der Waals surface area contributed by atoms with E-state index < -0.39 is 0 Å². The summed E-state index contributed by atoms with van der Waals surface area (Å²) in [6.07, 6.45) is 1.60. The topological polar surface area (TPSA) is 68.3 Å². The van der Waals surface area contributed by atoms with Gasteiger partial charge in [-0.2, -0.15) is 0 Å². The van der Waals surface area contributed by atoms with Crippen LogP contribution in [0.25, 0.3) is 0 Å². The van der Waals surface area contributed by atoms with Crippen LogP contribution in [0.3, 0.4) is 0 Å². The molecule has 0 bridgehead atoms. The minimum absolute atomic E-state index is 0.101. The summed E-state index contributed by atoms with van der Waals surface area (Å²) in [7, 11) is 0. The minimum atomic E-state index is -0.312. The van der Waals surface area contributed by atoms with E-state index in [0.717, 1.165) is 0 Å². The van der Waals surface area contributed by atoms with Crippen molar-refractivity contribution in [3.63, 3.8) is 0 Å². The molecule has 1 amide bonds. The van der Waals surface area contributed by atoms with Crippen molar-refractivity contribution in [3.8, 4) is 5.75 Å². The predicted molar refractivity (Wildman–Crippen MR) is 72.7 cm³/mol. The van der Waals surface area contributed by atoms with E-state index in [0.29, 0.717) is 16.4 Å². The molecule has 0 unspecified atom stereocenters. The molecule has 6 heteroatoms. The third-order valence-corrected chi connectivity index (χ3v) is 2.99. The molecule has 19 heavy (non-hydrogen) atoms. The van der Waals surface area contributed by atoms with Crippen molar-refractivity contribution in [2.24, 2.45) is 0 Å². The highest BCUT2D eigenvalue weighted by atomic mass is 32.1. The monoisotopic (exact) mass is 276 g/mol. The number of hydrogen-bond acceptors (Lipinski definition) is 5. The van der Waals surface area contributed by atoms with Gasteiger partial charge >= 0.3 is 0 Å². The maximum absolute atomic E-state index is 11.6. The van der Waals surface area contributed by atoms with E-state index in [9.17, 15) is 9.59 Å². The number of para-hydroxylation sites is 1. The van der Waals surface area contributed by atoms with Gasteiger partial charge in [-0.3, -0.25) is 14.9 Å². The van der Waals surface area contributed by atoms with Crippen molar-refractivity contribution >= 4 is 28.2 Å². The van der Waals surface area contributed by atoms with Gasteiger partial charge in [0.2, 0.25) is 0 Å². The number of nitrogens with one attached hydrogen (secondary N) is 1. The molecule has 5 nitrogen and oxygen atoms in total. The standard InChI is InChI=1S/C13H12N2O3S/c1-9(16)10-4-2-3-5-11(10)18-8-12(17)15-13-14-6-7-19-13/h2-7H,8H2,1H3,(H,14,15,17). The van der Waals surface area contributed by atoms with E-state index >= 15 is 0 Å². The van der Waals surface area contributed by atoms with Crippen LogP contribution >= 0.6 is 11.3 Å². The van der Waals surface area contributed by atoms with Crippen LogP contribution in [0.2, 0.25) is 0 Å². The molecule has 0 saturated heterocycles. The molecule has 2 aromatic rings. The Morgan fingerprint density at radius 1 is 1.37 bits per heavy atom. The number of carbonyl (C=O) groups excluding carboxylic acids is 2. The number of anilines is 1.